The third-order valence-corrected chi connectivity index (χ3v) is 5.01. The molecule has 0 saturated carbocycles. The molecule has 0 spiro atoms. The van der Waals surface area contributed by atoms with Crippen LogP contribution in [0.2, 0.25) is 0 Å². The van der Waals surface area contributed by atoms with Crippen LogP contribution < -0.4 is 9.46 Å². The Morgan fingerprint density at radius 2 is 2.00 bits per heavy atom. The summed E-state index contributed by atoms with van der Waals surface area (Å²) in [5.41, 5.74) is 0.300. The molecule has 1 N–H and O–H groups in total. The average molecular weight is 299 g/mol. The van der Waals surface area contributed by atoms with E-state index < -0.39 is 10.0 Å². The summed E-state index contributed by atoms with van der Waals surface area (Å²) in [6.45, 7) is 4.13. The molecule has 6 nitrogen and oxygen atoms in total. The maximum absolute atomic E-state index is 12.0. The van der Waals surface area contributed by atoms with Gasteiger partial charge in [-0.05, 0) is 26.0 Å². The molecule has 0 saturated heterocycles. The molecule has 0 aliphatic carbocycles. The predicted molar refractivity (Wildman–Crippen MR) is 73.1 cm³/mol. The van der Waals surface area contributed by atoms with Gasteiger partial charge in [0.25, 0.3) is 10.0 Å². The highest BCUT2D eigenvalue weighted by molar-refractivity contribution is 7.94. The van der Waals surface area contributed by atoms with E-state index in [9.17, 15) is 8.42 Å². The smallest absolute Gasteiger partial charge is 0.316 e. The molecule has 0 unspecified atom stereocenters. The van der Waals surface area contributed by atoms with Crippen molar-refractivity contribution in [1.29, 1.82) is 0 Å². The highest BCUT2D eigenvalue weighted by atomic mass is 32.2. The van der Waals surface area contributed by atoms with E-state index >= 15 is 0 Å². The van der Waals surface area contributed by atoms with Crippen molar-refractivity contribution >= 4 is 27.0 Å². The summed E-state index contributed by atoms with van der Waals surface area (Å²) in [6.07, 6.45) is 2.74. The molecule has 2 aromatic rings. The van der Waals surface area contributed by atoms with Crippen molar-refractivity contribution in [1.82, 2.24) is 9.97 Å². The number of hydrogen-bond acceptors (Lipinski definition) is 6. The van der Waals surface area contributed by atoms with Gasteiger partial charge in [-0.25, -0.2) is 18.4 Å². The third kappa shape index (κ3) is 3.42. The number of nitrogens with zero attached hydrogens (tertiary/aromatic N) is 2. The van der Waals surface area contributed by atoms with Gasteiger partial charge in [-0.3, -0.25) is 4.72 Å². The van der Waals surface area contributed by atoms with Crippen molar-refractivity contribution in [3.05, 3.63) is 29.4 Å². The summed E-state index contributed by atoms with van der Waals surface area (Å²) >= 11 is 1.21. The summed E-state index contributed by atoms with van der Waals surface area (Å²) in [5, 5.41) is 0. The molecule has 0 radical (unpaired) electrons. The van der Waals surface area contributed by atoms with Crippen molar-refractivity contribution in [2.75, 3.05) is 11.3 Å². The minimum atomic E-state index is -3.57. The molecule has 19 heavy (non-hydrogen) atoms. The number of aromatic nitrogens is 2. The van der Waals surface area contributed by atoms with Gasteiger partial charge in [0.15, 0.2) is 0 Å². The first-order chi connectivity index (χ1) is 9.01. The summed E-state index contributed by atoms with van der Waals surface area (Å²) in [4.78, 5) is 8.72. The zero-order valence-corrected chi connectivity index (χ0v) is 12.1. The van der Waals surface area contributed by atoms with Crippen LogP contribution in [0.4, 0.5) is 5.69 Å². The van der Waals surface area contributed by atoms with Gasteiger partial charge in [0.05, 0.1) is 24.7 Å². The van der Waals surface area contributed by atoms with Crippen molar-refractivity contribution in [3.8, 4) is 6.01 Å². The van der Waals surface area contributed by atoms with Gasteiger partial charge >= 0.3 is 6.01 Å². The van der Waals surface area contributed by atoms with E-state index in [1.807, 2.05) is 13.8 Å². The molecule has 2 aromatic heterocycles. The van der Waals surface area contributed by atoms with Crippen molar-refractivity contribution in [3.63, 3.8) is 0 Å². The first kappa shape index (κ1) is 13.8. The Balaban J connectivity index is 2.16. The number of rotatable bonds is 5. The van der Waals surface area contributed by atoms with E-state index in [2.05, 4.69) is 14.7 Å². The summed E-state index contributed by atoms with van der Waals surface area (Å²) in [7, 11) is -3.57. The fourth-order valence-electron chi connectivity index (χ4n) is 1.33. The predicted octanol–water partition coefficient (Wildman–Crippen LogP) is 2.05. The van der Waals surface area contributed by atoms with Crippen LogP contribution >= 0.6 is 11.3 Å². The van der Waals surface area contributed by atoms with E-state index in [-0.39, 0.29) is 10.2 Å². The molecule has 0 aromatic carbocycles. The van der Waals surface area contributed by atoms with Crippen molar-refractivity contribution in [2.45, 2.75) is 18.1 Å². The number of aryl methyl sites for hydroxylation is 1. The molecule has 0 aliphatic heterocycles. The third-order valence-electron chi connectivity index (χ3n) is 2.13. The average Bonchev–Trinajstić information content (AvgIpc) is 2.79. The van der Waals surface area contributed by atoms with Gasteiger partial charge in [0.2, 0.25) is 0 Å². The standard InChI is InChI=1S/C11H13N3O3S2/c1-3-17-11-12-6-9(7-13-11)14-19(15,16)10-5-4-8(2)18-10/h4-7,14H,3H2,1-2H3. The van der Waals surface area contributed by atoms with E-state index in [0.29, 0.717) is 12.3 Å². The van der Waals surface area contributed by atoms with E-state index in [1.165, 1.54) is 23.7 Å². The molecule has 0 atom stereocenters. The van der Waals surface area contributed by atoms with Crippen molar-refractivity contribution in [2.24, 2.45) is 0 Å². The largest absolute Gasteiger partial charge is 0.464 e. The zero-order chi connectivity index (χ0) is 13.9. The summed E-state index contributed by atoms with van der Waals surface area (Å²) in [5.74, 6) is 0. The lowest BCUT2D eigenvalue weighted by atomic mass is 10.5. The zero-order valence-electron chi connectivity index (χ0n) is 10.5. The minimum Gasteiger partial charge on any atom is -0.464 e. The van der Waals surface area contributed by atoms with E-state index in [0.717, 1.165) is 4.88 Å². The SMILES string of the molecule is CCOc1ncc(NS(=O)(=O)c2ccc(C)s2)cn1. The van der Waals surface area contributed by atoms with E-state index in [4.69, 9.17) is 4.74 Å². The molecule has 8 heteroatoms. The highest BCUT2D eigenvalue weighted by Crippen LogP contribution is 2.23. The lowest BCUT2D eigenvalue weighted by molar-refractivity contribution is 0.312. The second-order valence-electron chi connectivity index (χ2n) is 3.66. The van der Waals surface area contributed by atoms with Gasteiger partial charge in [-0.2, -0.15) is 0 Å². The normalized spacial score (nSPS) is 11.3. The second kappa shape index (κ2) is 5.54. The van der Waals surface area contributed by atoms with Gasteiger partial charge in [-0.15, -0.1) is 11.3 Å². The minimum absolute atomic E-state index is 0.220. The Hall–Kier alpha value is -1.67. The Morgan fingerprint density at radius 1 is 1.32 bits per heavy atom. The van der Waals surface area contributed by atoms with E-state index in [1.54, 1.807) is 12.1 Å². The topological polar surface area (TPSA) is 81.2 Å². The molecule has 2 heterocycles. The number of hydrogen-bond donors (Lipinski definition) is 1. The Bertz CT molecular complexity index is 650. The second-order valence-corrected chi connectivity index (χ2v) is 6.86. The Kier molecular flexibility index (Phi) is 4.01. The number of sulfonamides is 1. The van der Waals surface area contributed by atoms with Crippen molar-refractivity contribution < 1.29 is 13.2 Å². The van der Waals surface area contributed by atoms with Crippen LogP contribution in [0.15, 0.2) is 28.7 Å². The van der Waals surface area contributed by atoms with Gasteiger partial charge in [-0.1, -0.05) is 0 Å². The number of ether oxygens (including phenoxy) is 1. The van der Waals surface area contributed by atoms with Crippen LogP contribution in [-0.2, 0) is 10.0 Å². The fraction of sp³-hybridized carbons (Fsp3) is 0.273. The molecule has 2 rings (SSSR count). The first-order valence-corrected chi connectivity index (χ1v) is 7.85. The molecular weight excluding hydrogens is 286 g/mol. The lowest BCUT2D eigenvalue weighted by Gasteiger charge is -2.06. The van der Waals surface area contributed by atoms with Crippen LogP contribution in [0.25, 0.3) is 0 Å². The van der Waals surface area contributed by atoms with Crippen LogP contribution in [0.1, 0.15) is 11.8 Å². The monoisotopic (exact) mass is 299 g/mol. The quantitative estimate of drug-likeness (QED) is 0.913. The van der Waals surface area contributed by atoms with Crippen LogP contribution in [-0.4, -0.2) is 25.0 Å². The highest BCUT2D eigenvalue weighted by Gasteiger charge is 2.16. The van der Waals surface area contributed by atoms with Gasteiger partial charge in [0.1, 0.15) is 4.21 Å². The van der Waals surface area contributed by atoms with Crippen LogP contribution in [0, 0.1) is 6.92 Å². The summed E-state index contributed by atoms with van der Waals surface area (Å²) < 4.78 is 31.8. The lowest BCUT2D eigenvalue weighted by Crippen LogP contribution is -2.12. The Labute approximate surface area is 115 Å². The number of nitrogens with one attached hydrogen (secondary N) is 1. The Morgan fingerprint density at radius 3 is 2.53 bits per heavy atom. The molecule has 0 bridgehead atoms. The number of thiophene rings is 1. The molecule has 0 aliphatic rings. The van der Waals surface area contributed by atoms with Crippen LogP contribution in [0.5, 0.6) is 6.01 Å². The maximum atomic E-state index is 12.0. The summed E-state index contributed by atoms with van der Waals surface area (Å²) in [6, 6.07) is 3.54. The van der Waals surface area contributed by atoms with Gasteiger partial charge < -0.3 is 4.74 Å². The van der Waals surface area contributed by atoms with Crippen LogP contribution in [0.3, 0.4) is 0 Å². The molecule has 0 amide bonds. The van der Waals surface area contributed by atoms with Gasteiger partial charge in [0, 0.05) is 4.88 Å². The first-order valence-electron chi connectivity index (χ1n) is 5.55. The molecule has 102 valence electrons. The number of anilines is 1. The molecular formula is C11H13N3O3S2. The fourth-order valence-corrected chi connectivity index (χ4v) is 3.65. The molecule has 0 fully saturated rings. The maximum Gasteiger partial charge on any atom is 0.316 e.